The first-order valence-corrected chi connectivity index (χ1v) is 25.8. The maximum absolute atomic E-state index is 14.6. The van der Waals surface area contributed by atoms with Gasteiger partial charge in [0.2, 0.25) is 0 Å². The number of piperidine rings is 1. The highest BCUT2D eigenvalue weighted by molar-refractivity contribution is 5.94. The molecule has 5 heterocycles. The Bertz CT molecular complexity index is 2910. The Morgan fingerprint density at radius 3 is 2.07 bits per heavy atom. The minimum Gasteiger partial charge on any atom is -0.368 e. The number of nitrogens with one attached hydrogen (secondary N) is 1. The van der Waals surface area contributed by atoms with Crippen molar-refractivity contribution < 1.29 is 32.3 Å². The summed E-state index contributed by atoms with van der Waals surface area (Å²) < 4.78 is 47.8. The zero-order chi connectivity index (χ0) is 53.6. The van der Waals surface area contributed by atoms with Gasteiger partial charge in [-0.2, -0.15) is 13.2 Å². The predicted octanol–water partition coefficient (Wildman–Crippen LogP) is 7.08. The van der Waals surface area contributed by atoms with E-state index >= 15 is 0 Å². The lowest BCUT2D eigenvalue weighted by molar-refractivity contribution is -0.136. The summed E-state index contributed by atoms with van der Waals surface area (Å²) in [5, 5.41) is 10.8. The molecule has 75 heavy (non-hydrogen) atoms. The summed E-state index contributed by atoms with van der Waals surface area (Å²) >= 11 is 0. The van der Waals surface area contributed by atoms with Crippen LogP contribution in [0.3, 0.4) is 0 Å². The van der Waals surface area contributed by atoms with Crippen LogP contribution in [0.5, 0.6) is 0 Å². The van der Waals surface area contributed by atoms with Crippen LogP contribution in [0.25, 0.3) is 11.2 Å². The van der Waals surface area contributed by atoms with Crippen molar-refractivity contribution in [3.8, 4) is 5.69 Å². The van der Waals surface area contributed by atoms with Crippen LogP contribution in [0.2, 0.25) is 0 Å². The SMILES string of the molecule is C1CCC1.CN(Cc1cc(N2CCN(c3ccc(C(=O)N(C)C4CCN(Cc5cc(C(F)(F)F)c6cn(-c7cccc(Cc8nncn8C)c7)c(=O)n6c5)CC4)cc3)CC2)ccc1C=O)C(C=O)CCC=O.CNC. The Morgan fingerprint density at radius 2 is 1.48 bits per heavy atom. The third kappa shape index (κ3) is 14.1. The largest absolute Gasteiger partial charge is 0.418 e. The molecule has 400 valence electrons. The van der Waals surface area contributed by atoms with Crippen LogP contribution in [0, 0.1) is 0 Å². The summed E-state index contributed by atoms with van der Waals surface area (Å²) in [7, 11) is 9.18. The average molecular weight is 1030 g/mol. The number of pyridine rings is 1. The molecule has 16 nitrogen and oxygen atoms in total. The van der Waals surface area contributed by atoms with Gasteiger partial charge in [-0.1, -0.05) is 37.8 Å². The number of hydrogen-bond donors (Lipinski definition) is 1. The van der Waals surface area contributed by atoms with Crippen LogP contribution in [0.4, 0.5) is 24.5 Å². The van der Waals surface area contributed by atoms with Crippen molar-refractivity contribution in [2.75, 3.05) is 77.3 Å². The van der Waals surface area contributed by atoms with E-state index < -0.39 is 23.5 Å². The van der Waals surface area contributed by atoms with Crippen LogP contribution in [-0.2, 0) is 42.3 Å². The van der Waals surface area contributed by atoms with E-state index in [1.807, 2.05) is 81.6 Å². The molecule has 0 bridgehead atoms. The number of anilines is 2. The first kappa shape index (κ1) is 55.8. The number of aryl methyl sites for hydroxylation is 1. The molecule has 3 aromatic carbocycles. The third-order valence-corrected chi connectivity index (χ3v) is 14.4. The molecule has 2 saturated heterocycles. The van der Waals surface area contributed by atoms with Crippen molar-refractivity contribution in [2.45, 2.75) is 89.1 Å². The molecule has 0 radical (unpaired) electrons. The predicted molar refractivity (Wildman–Crippen MR) is 285 cm³/mol. The molecule has 0 spiro atoms. The minimum atomic E-state index is -4.70. The first-order chi connectivity index (χ1) is 36.1. The van der Waals surface area contributed by atoms with E-state index in [1.165, 1.54) is 42.6 Å². The van der Waals surface area contributed by atoms with E-state index in [0.717, 1.165) is 78.0 Å². The van der Waals surface area contributed by atoms with E-state index in [-0.39, 0.29) is 30.4 Å². The number of hydrogen-bond acceptors (Lipinski definition) is 12. The second kappa shape index (κ2) is 26.0. The van der Waals surface area contributed by atoms with Crippen LogP contribution in [-0.4, -0.2) is 143 Å². The number of aldehydes is 3. The van der Waals surface area contributed by atoms with Crippen molar-refractivity contribution in [1.29, 1.82) is 0 Å². The van der Waals surface area contributed by atoms with E-state index in [9.17, 15) is 37.1 Å². The average Bonchev–Trinajstić information content (AvgIpc) is 3.96. The van der Waals surface area contributed by atoms with E-state index in [0.29, 0.717) is 73.5 Å². The number of aromatic nitrogens is 5. The number of fused-ring (bicyclic) bond motifs is 1. The third-order valence-electron chi connectivity index (χ3n) is 14.4. The molecular formula is C56H70F3N11O5. The van der Waals surface area contributed by atoms with Gasteiger partial charge in [-0.15, -0.1) is 10.2 Å². The Hall–Kier alpha value is -6.96. The Morgan fingerprint density at radius 1 is 0.827 bits per heavy atom. The lowest BCUT2D eigenvalue weighted by Gasteiger charge is -2.38. The van der Waals surface area contributed by atoms with Crippen molar-refractivity contribution in [3.63, 3.8) is 0 Å². The molecule has 1 N–H and O–H groups in total. The summed E-state index contributed by atoms with van der Waals surface area (Å²) in [5.74, 6) is 0.600. The smallest absolute Gasteiger partial charge is 0.368 e. The van der Waals surface area contributed by atoms with Gasteiger partial charge in [0.25, 0.3) is 5.91 Å². The van der Waals surface area contributed by atoms with Gasteiger partial charge in [-0.25, -0.2) is 4.79 Å². The molecule has 3 aromatic heterocycles. The number of carbonyl (C=O) groups excluding carboxylic acids is 4. The van der Waals surface area contributed by atoms with Gasteiger partial charge in [-0.05, 0) is 118 Å². The summed E-state index contributed by atoms with van der Waals surface area (Å²) in [6.45, 7) is 4.67. The molecule has 9 rings (SSSR count). The number of likely N-dealkylation sites (tertiary alicyclic amines) is 1. The normalized spacial score (nSPS) is 15.6. The van der Waals surface area contributed by atoms with Crippen LogP contribution in [0.1, 0.15) is 100 Å². The number of carbonyl (C=O) groups is 4. The second-order valence-electron chi connectivity index (χ2n) is 19.7. The summed E-state index contributed by atoms with van der Waals surface area (Å²) in [6.07, 6.45) is 10.5. The molecule has 19 heteroatoms. The number of rotatable bonds is 17. The standard InChI is InChI=1S/C50H55F3N10O5.C4H8.C2H7N/c1-56(44(33-66)8-5-23-64)30-39-27-42(14-11-38(39)32-65)61-21-19-60(20-22-61)41-12-9-37(10-13-41)48(67)58(3)40-15-17-59(18-16-40)28-36-25-45(50(51,52)53)46-31-62(49(68)63(46)29-36)43-7-4-6-35(24-43)26-47-55-54-34-57(47)2;1-2-4-3-1;1-3-2/h4,6-7,9-14,23-25,27,29,31-34,40,44H,5,8,15-22,26,28,30H2,1-3H3;1-4H2;3H,1-2H3. The quantitative estimate of drug-likeness (QED) is 0.0930. The number of amides is 1. The summed E-state index contributed by atoms with van der Waals surface area (Å²) in [4.78, 5) is 72.1. The van der Waals surface area contributed by atoms with Gasteiger partial charge < -0.3 is 34.2 Å². The number of nitrogens with zero attached hydrogens (tertiary/aromatic N) is 10. The lowest BCUT2D eigenvalue weighted by Crippen LogP contribution is -2.46. The molecule has 6 aromatic rings. The lowest BCUT2D eigenvalue weighted by atomic mass is 10.0. The number of benzene rings is 3. The number of piperazine rings is 1. The van der Waals surface area contributed by atoms with E-state index in [4.69, 9.17) is 0 Å². The fourth-order valence-corrected chi connectivity index (χ4v) is 9.65. The molecule has 1 unspecified atom stereocenters. The maximum atomic E-state index is 14.6. The minimum absolute atomic E-state index is 0.0591. The van der Waals surface area contributed by atoms with Crippen LogP contribution < -0.4 is 20.8 Å². The van der Waals surface area contributed by atoms with Gasteiger partial charge in [0.05, 0.1) is 22.8 Å². The first-order valence-electron chi connectivity index (χ1n) is 25.8. The van der Waals surface area contributed by atoms with E-state index in [1.54, 1.807) is 41.0 Å². The number of alkyl halides is 3. The molecule has 1 saturated carbocycles. The number of halogens is 3. The second-order valence-corrected chi connectivity index (χ2v) is 19.7. The Kier molecular flexibility index (Phi) is 19.3. The zero-order valence-corrected chi connectivity index (χ0v) is 43.7. The van der Waals surface area contributed by atoms with Gasteiger partial charge in [0, 0.05) is 120 Å². The highest BCUT2D eigenvalue weighted by Crippen LogP contribution is 2.34. The van der Waals surface area contributed by atoms with Crippen molar-refractivity contribution in [2.24, 2.45) is 7.05 Å². The van der Waals surface area contributed by atoms with Crippen LogP contribution in [0.15, 0.2) is 96.3 Å². The van der Waals surface area contributed by atoms with Crippen LogP contribution >= 0.6 is 0 Å². The topological polar surface area (TPSA) is 154 Å². The zero-order valence-electron chi connectivity index (χ0n) is 43.7. The van der Waals surface area contributed by atoms with E-state index in [2.05, 4.69) is 30.2 Å². The number of imidazole rings is 1. The van der Waals surface area contributed by atoms with Crippen molar-refractivity contribution >= 4 is 41.7 Å². The highest BCUT2D eigenvalue weighted by Gasteiger charge is 2.35. The molecule has 1 amide bonds. The van der Waals surface area contributed by atoms with Gasteiger partial charge in [0.1, 0.15) is 31.0 Å². The molecule has 1 aliphatic carbocycles. The Balaban J connectivity index is 0.00000109. The van der Waals surface area contributed by atoms with Gasteiger partial charge in [-0.3, -0.25) is 28.4 Å². The molecule has 3 fully saturated rings. The summed E-state index contributed by atoms with van der Waals surface area (Å²) in [6, 6.07) is 21.1. The fraction of sp³-hybridized carbons (Fsp3) is 0.446. The molecule has 1 atom stereocenters. The maximum Gasteiger partial charge on any atom is 0.418 e. The monoisotopic (exact) mass is 1030 g/mol. The van der Waals surface area contributed by atoms with Gasteiger partial charge >= 0.3 is 11.9 Å². The van der Waals surface area contributed by atoms with Crippen molar-refractivity contribution in [1.82, 2.24) is 43.7 Å². The number of likely N-dealkylation sites (N-methyl/N-ethyl adjacent to an activating group) is 1. The summed E-state index contributed by atoms with van der Waals surface area (Å²) in [5.41, 5.74) is 3.84. The molecule has 2 aliphatic heterocycles. The van der Waals surface area contributed by atoms with Gasteiger partial charge in [0.15, 0.2) is 0 Å². The molecular weight excluding hydrogens is 964 g/mol. The molecule has 3 aliphatic rings. The Labute approximate surface area is 436 Å². The highest BCUT2D eigenvalue weighted by atomic mass is 19.4. The fourth-order valence-electron chi connectivity index (χ4n) is 9.65. The van der Waals surface area contributed by atoms with Crippen molar-refractivity contribution in [3.05, 3.63) is 141 Å².